The number of hydrogen-bond acceptors (Lipinski definition) is 5. The van der Waals surface area contributed by atoms with Crippen LogP contribution in [0.5, 0.6) is 5.75 Å². The lowest BCUT2D eigenvalue weighted by molar-refractivity contribution is 0.416. The van der Waals surface area contributed by atoms with Gasteiger partial charge in [0, 0.05) is 28.8 Å². The third-order valence-electron chi connectivity index (χ3n) is 4.49. The van der Waals surface area contributed by atoms with Crippen molar-refractivity contribution in [3.05, 3.63) is 59.8 Å². The van der Waals surface area contributed by atoms with Gasteiger partial charge in [-0.3, -0.25) is 9.98 Å². The maximum atomic E-state index is 6.15. The molecule has 8 heteroatoms. The van der Waals surface area contributed by atoms with Crippen LogP contribution in [0.25, 0.3) is 16.9 Å². The maximum absolute atomic E-state index is 6.15. The van der Waals surface area contributed by atoms with Crippen molar-refractivity contribution >= 4 is 11.7 Å². The molecule has 0 saturated heterocycles. The van der Waals surface area contributed by atoms with Gasteiger partial charge in [-0.05, 0) is 70.2 Å². The molecule has 2 aromatic carbocycles. The second kappa shape index (κ2) is 9.42. The summed E-state index contributed by atoms with van der Waals surface area (Å²) in [6, 6.07) is 13.6. The third-order valence-corrected chi connectivity index (χ3v) is 4.49. The second-order valence-corrected chi connectivity index (χ2v) is 7.73. The summed E-state index contributed by atoms with van der Waals surface area (Å²) in [5.41, 5.74) is 16.2. The Morgan fingerprint density at radius 3 is 2.06 bits per heavy atom. The van der Waals surface area contributed by atoms with Gasteiger partial charge >= 0.3 is 0 Å². The fourth-order valence-corrected chi connectivity index (χ4v) is 3.07. The van der Waals surface area contributed by atoms with E-state index in [9.17, 15) is 0 Å². The molecule has 0 spiro atoms. The lowest BCUT2D eigenvalue weighted by Crippen LogP contribution is -2.15. The predicted octanol–water partition coefficient (Wildman–Crippen LogP) is 3.17. The van der Waals surface area contributed by atoms with Crippen LogP contribution in [0.3, 0.4) is 0 Å². The van der Waals surface area contributed by atoms with Crippen LogP contribution in [-0.2, 0) is 0 Å². The highest BCUT2D eigenvalue weighted by molar-refractivity contribution is 5.99. The van der Waals surface area contributed by atoms with Crippen LogP contribution in [0.1, 0.15) is 38.8 Å². The Morgan fingerprint density at radius 1 is 0.903 bits per heavy atom. The molecule has 1 aromatic heterocycles. The van der Waals surface area contributed by atoms with Crippen LogP contribution in [0.4, 0.5) is 0 Å². The van der Waals surface area contributed by atoms with Crippen molar-refractivity contribution in [1.82, 2.24) is 15.0 Å². The second-order valence-electron chi connectivity index (χ2n) is 7.73. The Bertz CT molecular complexity index is 1100. The molecule has 3 aromatic rings. The maximum Gasteiger partial charge on any atom is 0.128 e. The smallest absolute Gasteiger partial charge is 0.128 e. The van der Waals surface area contributed by atoms with Gasteiger partial charge in [0.1, 0.15) is 23.1 Å². The first-order valence-corrected chi connectivity index (χ1v) is 10.2. The summed E-state index contributed by atoms with van der Waals surface area (Å²) < 4.78 is 7.22. The van der Waals surface area contributed by atoms with E-state index < -0.39 is 0 Å². The topological polar surface area (TPSA) is 117 Å². The summed E-state index contributed by atoms with van der Waals surface area (Å²) in [4.78, 5) is 8.80. The Labute approximate surface area is 182 Å². The van der Waals surface area contributed by atoms with Crippen molar-refractivity contribution in [2.75, 3.05) is 7.11 Å². The lowest BCUT2D eigenvalue weighted by atomic mass is 10.1. The van der Waals surface area contributed by atoms with Crippen LogP contribution in [0, 0.1) is 0 Å². The number of nitrogens with two attached hydrogens (primary N) is 2. The van der Waals surface area contributed by atoms with Crippen molar-refractivity contribution < 1.29 is 4.74 Å². The molecule has 0 amide bonds. The number of aliphatic imine (C=N–C) groups is 2. The third kappa shape index (κ3) is 5.28. The van der Waals surface area contributed by atoms with Gasteiger partial charge < -0.3 is 16.2 Å². The fraction of sp³-hybridized carbons (Fsp3) is 0.304. The molecule has 0 aliphatic carbocycles. The van der Waals surface area contributed by atoms with Crippen molar-refractivity contribution in [3.63, 3.8) is 0 Å². The highest BCUT2D eigenvalue weighted by Crippen LogP contribution is 2.30. The Balaban J connectivity index is 1.93. The van der Waals surface area contributed by atoms with Crippen LogP contribution in [-0.4, -0.2) is 45.9 Å². The number of benzene rings is 2. The number of amidine groups is 2. The first-order valence-electron chi connectivity index (χ1n) is 10.2. The van der Waals surface area contributed by atoms with Crippen molar-refractivity contribution in [2.24, 2.45) is 21.5 Å². The lowest BCUT2D eigenvalue weighted by Gasteiger charge is -2.09. The average molecular weight is 420 g/mol. The number of hydrogen-bond donors (Lipinski definition) is 2. The summed E-state index contributed by atoms with van der Waals surface area (Å²) in [5, 5.41) is 8.61. The highest BCUT2D eigenvalue weighted by Gasteiger charge is 2.13. The zero-order chi connectivity index (χ0) is 22.5. The van der Waals surface area contributed by atoms with E-state index in [2.05, 4.69) is 20.3 Å². The molecule has 0 unspecified atom stereocenters. The summed E-state index contributed by atoms with van der Waals surface area (Å²) in [6.07, 6.45) is 1.85. The molecule has 0 atom stereocenters. The van der Waals surface area contributed by atoms with Gasteiger partial charge in [-0.15, -0.1) is 5.10 Å². The first kappa shape index (κ1) is 22.0. The SMILES string of the molecule is COc1ccc(C(N)=NC(C)C)cc1-c1cn(-c2ccc(C(N)=NC(C)C)cc2)nn1. The van der Waals surface area contributed by atoms with Crippen LogP contribution < -0.4 is 16.2 Å². The Morgan fingerprint density at radius 2 is 1.48 bits per heavy atom. The van der Waals surface area contributed by atoms with Crippen molar-refractivity contribution in [1.29, 1.82) is 0 Å². The molecule has 0 aliphatic heterocycles. The summed E-state index contributed by atoms with van der Waals surface area (Å²) in [5.74, 6) is 1.67. The number of rotatable bonds is 7. The summed E-state index contributed by atoms with van der Waals surface area (Å²) in [7, 11) is 1.62. The molecule has 0 saturated carbocycles. The number of methoxy groups -OCH3 is 1. The van der Waals surface area contributed by atoms with Crippen LogP contribution in [0.15, 0.2) is 58.6 Å². The largest absolute Gasteiger partial charge is 0.496 e. The van der Waals surface area contributed by atoms with E-state index in [4.69, 9.17) is 16.2 Å². The monoisotopic (exact) mass is 419 g/mol. The molecular formula is C23H29N7O. The molecule has 0 radical (unpaired) electrons. The van der Waals surface area contributed by atoms with E-state index in [1.165, 1.54) is 0 Å². The van der Waals surface area contributed by atoms with E-state index >= 15 is 0 Å². The molecular weight excluding hydrogens is 390 g/mol. The summed E-state index contributed by atoms with van der Waals surface area (Å²) >= 11 is 0. The zero-order valence-corrected chi connectivity index (χ0v) is 18.6. The van der Waals surface area contributed by atoms with E-state index in [1.54, 1.807) is 11.8 Å². The normalized spacial score (nSPS) is 12.6. The van der Waals surface area contributed by atoms with Crippen LogP contribution in [0.2, 0.25) is 0 Å². The molecule has 0 bridgehead atoms. The minimum Gasteiger partial charge on any atom is -0.496 e. The fourth-order valence-electron chi connectivity index (χ4n) is 3.07. The van der Waals surface area contributed by atoms with Gasteiger partial charge in [0.2, 0.25) is 0 Å². The molecule has 8 nitrogen and oxygen atoms in total. The average Bonchev–Trinajstić information content (AvgIpc) is 3.22. The highest BCUT2D eigenvalue weighted by atomic mass is 16.5. The van der Waals surface area contributed by atoms with Gasteiger partial charge in [-0.25, -0.2) is 4.68 Å². The van der Waals surface area contributed by atoms with Gasteiger partial charge in [0.05, 0.1) is 19.0 Å². The Hall–Kier alpha value is -3.68. The predicted molar refractivity (Wildman–Crippen MR) is 125 cm³/mol. The molecule has 0 aliphatic rings. The van der Waals surface area contributed by atoms with Crippen molar-refractivity contribution in [2.45, 2.75) is 39.8 Å². The Kier molecular flexibility index (Phi) is 6.69. The van der Waals surface area contributed by atoms with Gasteiger partial charge in [-0.2, -0.15) is 0 Å². The van der Waals surface area contributed by atoms with E-state index in [-0.39, 0.29) is 12.1 Å². The van der Waals surface area contributed by atoms with E-state index in [1.807, 2.05) is 76.4 Å². The first-order chi connectivity index (χ1) is 14.8. The molecule has 1 heterocycles. The standard InChI is InChI=1S/C23H29N7O/c1-14(2)26-22(24)16-6-9-18(10-7-16)30-13-20(28-29-30)19-12-17(8-11-21(19)31-5)23(25)27-15(3)4/h6-15H,1-5H3,(H2,24,26)(H2,25,27). The van der Waals surface area contributed by atoms with Crippen molar-refractivity contribution in [3.8, 4) is 22.7 Å². The van der Waals surface area contributed by atoms with Gasteiger partial charge in [0.25, 0.3) is 0 Å². The molecule has 162 valence electrons. The van der Waals surface area contributed by atoms with E-state index in [0.29, 0.717) is 23.1 Å². The van der Waals surface area contributed by atoms with Crippen LogP contribution >= 0.6 is 0 Å². The van der Waals surface area contributed by atoms with E-state index in [0.717, 1.165) is 22.4 Å². The quantitative estimate of drug-likeness (QED) is 0.451. The number of ether oxygens (including phenoxy) is 1. The van der Waals surface area contributed by atoms with Gasteiger partial charge in [-0.1, -0.05) is 5.21 Å². The molecule has 4 N–H and O–H groups in total. The number of aromatic nitrogens is 3. The minimum atomic E-state index is 0.106. The minimum absolute atomic E-state index is 0.106. The molecule has 31 heavy (non-hydrogen) atoms. The molecule has 0 fully saturated rings. The zero-order valence-electron chi connectivity index (χ0n) is 18.6. The summed E-state index contributed by atoms with van der Waals surface area (Å²) in [6.45, 7) is 7.94. The number of nitrogens with zero attached hydrogens (tertiary/aromatic N) is 5. The van der Waals surface area contributed by atoms with Gasteiger partial charge in [0.15, 0.2) is 0 Å². The molecule has 3 rings (SSSR count).